The Morgan fingerprint density at radius 2 is 1.97 bits per heavy atom. The van der Waals surface area contributed by atoms with Gasteiger partial charge < -0.3 is 29.7 Å². The summed E-state index contributed by atoms with van der Waals surface area (Å²) in [6.07, 6.45) is 2.37. The Morgan fingerprint density at radius 3 is 2.77 bits per heavy atom. The quantitative estimate of drug-likeness (QED) is 0.781. The van der Waals surface area contributed by atoms with Gasteiger partial charge in [0.2, 0.25) is 12.7 Å². The highest BCUT2D eigenvalue weighted by molar-refractivity contribution is 5.97. The molecule has 1 unspecified atom stereocenters. The highest BCUT2D eigenvalue weighted by atomic mass is 16.7. The van der Waals surface area contributed by atoms with Crippen LogP contribution in [0.1, 0.15) is 37.8 Å². The van der Waals surface area contributed by atoms with Gasteiger partial charge in [0, 0.05) is 18.7 Å². The highest BCUT2D eigenvalue weighted by Crippen LogP contribution is 2.35. The van der Waals surface area contributed by atoms with Crippen LogP contribution in [0.15, 0.2) is 36.4 Å². The molecule has 0 radical (unpaired) electrons. The van der Waals surface area contributed by atoms with Gasteiger partial charge in [0.25, 0.3) is 0 Å². The fraction of sp³-hybridized carbons (Fsp3) is 0.364. The number of fused-ring (bicyclic) bond motifs is 1. The van der Waals surface area contributed by atoms with Crippen molar-refractivity contribution in [3.63, 3.8) is 0 Å². The number of amides is 3. The molecule has 0 saturated carbocycles. The van der Waals surface area contributed by atoms with Gasteiger partial charge >= 0.3 is 6.03 Å². The van der Waals surface area contributed by atoms with Crippen molar-refractivity contribution in [1.29, 1.82) is 0 Å². The maximum absolute atomic E-state index is 12.5. The number of benzene rings is 2. The fourth-order valence-corrected chi connectivity index (χ4v) is 3.67. The van der Waals surface area contributed by atoms with E-state index in [0.29, 0.717) is 41.6 Å². The topological polar surface area (TPSA) is 89.1 Å². The van der Waals surface area contributed by atoms with E-state index in [1.54, 1.807) is 30.2 Å². The van der Waals surface area contributed by atoms with Crippen molar-refractivity contribution in [2.75, 3.05) is 30.7 Å². The lowest BCUT2D eigenvalue weighted by molar-refractivity contribution is -0.119. The normalized spacial score (nSPS) is 16.2. The molecule has 158 valence electrons. The van der Waals surface area contributed by atoms with E-state index in [-0.39, 0.29) is 24.8 Å². The third-order valence-corrected chi connectivity index (χ3v) is 5.30. The lowest BCUT2D eigenvalue weighted by Gasteiger charge is -2.28. The highest BCUT2D eigenvalue weighted by Gasteiger charge is 2.23. The summed E-state index contributed by atoms with van der Waals surface area (Å²) < 4.78 is 16.1. The number of anilines is 2. The average molecular weight is 411 g/mol. The molecule has 4 rings (SSSR count). The second-order valence-electron chi connectivity index (χ2n) is 7.32. The van der Waals surface area contributed by atoms with Crippen molar-refractivity contribution < 1.29 is 23.8 Å². The zero-order valence-electron chi connectivity index (χ0n) is 17.1. The molecule has 30 heavy (non-hydrogen) atoms. The summed E-state index contributed by atoms with van der Waals surface area (Å²) in [4.78, 5) is 26.6. The molecule has 3 amide bonds. The largest absolute Gasteiger partial charge is 0.495 e. The first-order valence-electron chi connectivity index (χ1n) is 10.0. The van der Waals surface area contributed by atoms with Gasteiger partial charge in [-0.2, -0.15) is 0 Å². The van der Waals surface area contributed by atoms with E-state index in [2.05, 4.69) is 10.6 Å². The molecule has 2 N–H and O–H groups in total. The van der Waals surface area contributed by atoms with E-state index >= 15 is 0 Å². The van der Waals surface area contributed by atoms with E-state index in [9.17, 15) is 9.59 Å². The molecule has 2 aromatic rings. The molecule has 0 aromatic heterocycles. The van der Waals surface area contributed by atoms with Gasteiger partial charge in [0.05, 0.1) is 18.8 Å². The number of nitrogens with one attached hydrogen (secondary N) is 2. The minimum atomic E-state index is -0.346. The minimum Gasteiger partial charge on any atom is -0.495 e. The van der Waals surface area contributed by atoms with Crippen LogP contribution in [0.3, 0.4) is 0 Å². The van der Waals surface area contributed by atoms with Crippen LogP contribution in [0.5, 0.6) is 17.2 Å². The van der Waals surface area contributed by atoms with Gasteiger partial charge in [0.15, 0.2) is 11.5 Å². The second kappa shape index (κ2) is 8.52. The van der Waals surface area contributed by atoms with Gasteiger partial charge in [-0.05, 0) is 55.7 Å². The molecule has 0 aliphatic carbocycles. The molecule has 2 aliphatic rings. The van der Waals surface area contributed by atoms with E-state index in [1.165, 1.54) is 0 Å². The molecule has 1 fully saturated rings. The van der Waals surface area contributed by atoms with E-state index in [1.807, 2.05) is 25.1 Å². The Labute approximate surface area is 175 Å². The van der Waals surface area contributed by atoms with Gasteiger partial charge in [-0.15, -0.1) is 0 Å². The standard InChI is InChI=1S/C22H25N3O5/c1-14(15-6-8-19-20(11-15)30-13-29-19)23-22(27)24-16-7-9-18(28-2)17(12-16)25-10-4-3-5-21(25)26/h6-9,11-12,14H,3-5,10,13H2,1-2H3,(H2,23,24,27). The van der Waals surface area contributed by atoms with Crippen LogP contribution in [-0.2, 0) is 4.79 Å². The number of rotatable bonds is 5. The summed E-state index contributed by atoms with van der Waals surface area (Å²) in [5, 5.41) is 5.76. The van der Waals surface area contributed by atoms with E-state index in [4.69, 9.17) is 14.2 Å². The molecule has 1 saturated heterocycles. The van der Waals surface area contributed by atoms with Gasteiger partial charge in [0.1, 0.15) is 5.75 Å². The van der Waals surface area contributed by atoms with Crippen LogP contribution in [0.2, 0.25) is 0 Å². The number of hydrogen-bond acceptors (Lipinski definition) is 5. The monoisotopic (exact) mass is 411 g/mol. The summed E-state index contributed by atoms with van der Waals surface area (Å²) in [6, 6.07) is 10.3. The number of carbonyl (C=O) groups excluding carboxylic acids is 2. The van der Waals surface area contributed by atoms with Gasteiger partial charge in [-0.1, -0.05) is 6.07 Å². The van der Waals surface area contributed by atoms with Crippen molar-refractivity contribution in [2.24, 2.45) is 0 Å². The van der Waals surface area contributed by atoms with Crippen molar-refractivity contribution in [1.82, 2.24) is 5.32 Å². The Morgan fingerprint density at radius 1 is 1.13 bits per heavy atom. The Balaban J connectivity index is 1.45. The lowest BCUT2D eigenvalue weighted by atomic mass is 10.1. The van der Waals surface area contributed by atoms with Crippen LogP contribution in [0, 0.1) is 0 Å². The zero-order chi connectivity index (χ0) is 21.1. The van der Waals surface area contributed by atoms with Crippen molar-refractivity contribution in [3.05, 3.63) is 42.0 Å². The van der Waals surface area contributed by atoms with E-state index < -0.39 is 0 Å². The maximum Gasteiger partial charge on any atom is 0.319 e. The van der Waals surface area contributed by atoms with E-state index in [0.717, 1.165) is 18.4 Å². The van der Waals surface area contributed by atoms with Crippen LogP contribution >= 0.6 is 0 Å². The predicted molar refractivity (Wildman–Crippen MR) is 112 cm³/mol. The molecule has 0 spiro atoms. The summed E-state index contributed by atoms with van der Waals surface area (Å²) in [7, 11) is 1.57. The van der Waals surface area contributed by atoms with Crippen molar-refractivity contribution in [3.8, 4) is 17.2 Å². The fourth-order valence-electron chi connectivity index (χ4n) is 3.67. The first-order chi connectivity index (χ1) is 14.5. The third-order valence-electron chi connectivity index (χ3n) is 5.30. The second-order valence-corrected chi connectivity index (χ2v) is 7.32. The predicted octanol–water partition coefficient (Wildman–Crippen LogP) is 3.82. The first kappa shape index (κ1) is 19.9. The zero-order valence-corrected chi connectivity index (χ0v) is 17.1. The molecule has 2 aliphatic heterocycles. The molecule has 0 bridgehead atoms. The van der Waals surface area contributed by atoms with Crippen LogP contribution < -0.4 is 29.7 Å². The molecule has 1 atom stereocenters. The molecule has 8 nitrogen and oxygen atoms in total. The first-order valence-corrected chi connectivity index (χ1v) is 10.0. The smallest absolute Gasteiger partial charge is 0.319 e. The SMILES string of the molecule is COc1ccc(NC(=O)NC(C)c2ccc3c(c2)OCO3)cc1N1CCCCC1=O. The summed E-state index contributed by atoms with van der Waals surface area (Å²) in [5.41, 5.74) is 2.16. The Bertz CT molecular complexity index is 962. The Hall–Kier alpha value is -3.42. The molecular weight excluding hydrogens is 386 g/mol. The lowest BCUT2D eigenvalue weighted by Crippen LogP contribution is -2.35. The number of methoxy groups -OCH3 is 1. The third kappa shape index (κ3) is 4.12. The van der Waals surface area contributed by atoms with Gasteiger partial charge in [-0.25, -0.2) is 4.79 Å². The number of ether oxygens (including phenoxy) is 3. The molecule has 2 aromatic carbocycles. The molecular formula is C22H25N3O5. The number of hydrogen-bond donors (Lipinski definition) is 2. The number of piperidine rings is 1. The van der Waals surface area contributed by atoms with Crippen molar-refractivity contribution >= 4 is 23.3 Å². The molecule has 2 heterocycles. The van der Waals surface area contributed by atoms with Crippen molar-refractivity contribution in [2.45, 2.75) is 32.2 Å². The van der Waals surface area contributed by atoms with Crippen LogP contribution in [0.4, 0.5) is 16.2 Å². The number of carbonyl (C=O) groups is 2. The summed E-state index contributed by atoms with van der Waals surface area (Å²) in [6.45, 7) is 2.75. The minimum absolute atomic E-state index is 0.0672. The maximum atomic E-state index is 12.5. The Kier molecular flexibility index (Phi) is 5.65. The molecule has 8 heteroatoms. The average Bonchev–Trinajstić information content (AvgIpc) is 3.22. The van der Waals surface area contributed by atoms with Gasteiger partial charge in [-0.3, -0.25) is 4.79 Å². The van der Waals surface area contributed by atoms with Crippen LogP contribution in [0.25, 0.3) is 0 Å². The summed E-state index contributed by atoms with van der Waals surface area (Å²) >= 11 is 0. The van der Waals surface area contributed by atoms with Crippen LogP contribution in [-0.4, -0.2) is 32.4 Å². The number of nitrogens with zero attached hydrogens (tertiary/aromatic N) is 1. The number of urea groups is 1. The summed E-state index contributed by atoms with van der Waals surface area (Å²) in [5.74, 6) is 2.04.